The van der Waals surface area contributed by atoms with E-state index in [-0.39, 0.29) is 5.54 Å². The number of hydrogen-bond acceptors (Lipinski definition) is 4. The van der Waals surface area contributed by atoms with Crippen LogP contribution in [0.4, 0.5) is 0 Å². The molecule has 0 aliphatic heterocycles. The molecular formula is C11H16N4S. The van der Waals surface area contributed by atoms with Gasteiger partial charge in [-0.2, -0.15) is 0 Å². The summed E-state index contributed by atoms with van der Waals surface area (Å²) in [7, 11) is 0. The minimum Gasteiger partial charge on any atom is -0.327 e. The molecule has 0 atom stereocenters. The van der Waals surface area contributed by atoms with Gasteiger partial charge in [0.05, 0.1) is 34.8 Å². The number of hydrogen-bond donors (Lipinski definition) is 1. The fraction of sp³-hybridized carbons (Fsp3) is 0.455. The number of rotatable bonds is 3. The highest BCUT2D eigenvalue weighted by atomic mass is 32.1. The monoisotopic (exact) mass is 236 g/mol. The molecule has 0 fully saturated rings. The number of nitrogens with two attached hydrogens (primary N) is 1. The SMILES string of the molecule is Cc1nc(Cn2cncc2C(C)(C)N)cs1. The Morgan fingerprint density at radius 1 is 1.50 bits per heavy atom. The summed E-state index contributed by atoms with van der Waals surface area (Å²) in [5.74, 6) is 0. The number of nitrogens with zero attached hydrogens (tertiary/aromatic N) is 3. The smallest absolute Gasteiger partial charge is 0.0952 e. The third kappa shape index (κ3) is 2.31. The summed E-state index contributed by atoms with van der Waals surface area (Å²) < 4.78 is 2.05. The predicted octanol–water partition coefficient (Wildman–Crippen LogP) is 1.89. The zero-order valence-electron chi connectivity index (χ0n) is 9.77. The third-order valence-electron chi connectivity index (χ3n) is 2.37. The van der Waals surface area contributed by atoms with E-state index in [0.717, 1.165) is 22.9 Å². The van der Waals surface area contributed by atoms with Gasteiger partial charge in [0.15, 0.2) is 0 Å². The van der Waals surface area contributed by atoms with E-state index >= 15 is 0 Å². The van der Waals surface area contributed by atoms with Crippen LogP contribution in [0.3, 0.4) is 0 Å². The van der Waals surface area contributed by atoms with E-state index in [4.69, 9.17) is 5.73 Å². The van der Waals surface area contributed by atoms with E-state index in [1.807, 2.05) is 27.0 Å². The predicted molar refractivity (Wildman–Crippen MR) is 65.4 cm³/mol. The Labute approximate surface area is 99.2 Å². The van der Waals surface area contributed by atoms with Crippen molar-refractivity contribution in [3.63, 3.8) is 0 Å². The fourth-order valence-corrected chi connectivity index (χ4v) is 2.24. The summed E-state index contributed by atoms with van der Waals surface area (Å²) in [5, 5.41) is 3.16. The molecule has 2 N–H and O–H groups in total. The molecule has 0 aliphatic rings. The fourth-order valence-electron chi connectivity index (χ4n) is 1.64. The standard InChI is InChI=1S/C11H16N4S/c1-8-14-9(6-16-8)5-15-7-13-4-10(15)11(2,3)12/h4,6-7H,5,12H2,1-3H3. The molecule has 4 nitrogen and oxygen atoms in total. The van der Waals surface area contributed by atoms with Crippen LogP contribution in [0.25, 0.3) is 0 Å². The molecule has 0 radical (unpaired) electrons. The zero-order chi connectivity index (χ0) is 11.8. The summed E-state index contributed by atoms with van der Waals surface area (Å²) >= 11 is 1.66. The first-order valence-electron chi connectivity index (χ1n) is 5.17. The molecule has 0 unspecified atom stereocenters. The minimum absolute atomic E-state index is 0.373. The Morgan fingerprint density at radius 2 is 2.25 bits per heavy atom. The second-order valence-corrected chi connectivity index (χ2v) is 5.55. The maximum atomic E-state index is 6.08. The lowest BCUT2D eigenvalue weighted by Gasteiger charge is -2.20. The molecule has 0 bridgehead atoms. The lowest BCUT2D eigenvalue weighted by molar-refractivity contribution is 0.502. The Balaban J connectivity index is 2.25. The van der Waals surface area contributed by atoms with Crippen molar-refractivity contribution in [2.75, 3.05) is 0 Å². The zero-order valence-corrected chi connectivity index (χ0v) is 10.6. The van der Waals surface area contributed by atoms with Crippen LogP contribution in [-0.4, -0.2) is 14.5 Å². The summed E-state index contributed by atoms with van der Waals surface area (Å²) in [6, 6.07) is 0. The molecule has 0 saturated heterocycles. The first-order valence-corrected chi connectivity index (χ1v) is 6.05. The van der Waals surface area contributed by atoms with Gasteiger partial charge in [0.2, 0.25) is 0 Å². The average molecular weight is 236 g/mol. The normalized spacial score (nSPS) is 12.0. The summed E-state index contributed by atoms with van der Waals surface area (Å²) in [6.07, 6.45) is 3.62. The lowest BCUT2D eigenvalue weighted by Crippen LogP contribution is -2.31. The molecule has 2 rings (SSSR count). The molecule has 2 aromatic heterocycles. The van der Waals surface area contributed by atoms with Crippen LogP contribution in [-0.2, 0) is 12.1 Å². The van der Waals surface area contributed by atoms with Gasteiger partial charge in [-0.1, -0.05) is 0 Å². The first kappa shape index (κ1) is 11.3. The van der Waals surface area contributed by atoms with E-state index in [1.165, 1.54) is 0 Å². The first-order chi connectivity index (χ1) is 7.47. The number of aromatic nitrogens is 3. The van der Waals surface area contributed by atoms with Crippen molar-refractivity contribution in [3.05, 3.63) is 34.3 Å². The van der Waals surface area contributed by atoms with E-state index in [0.29, 0.717) is 0 Å². The van der Waals surface area contributed by atoms with Gasteiger partial charge in [-0.25, -0.2) is 9.97 Å². The van der Waals surface area contributed by atoms with Crippen LogP contribution in [0.2, 0.25) is 0 Å². The molecule has 2 aromatic rings. The van der Waals surface area contributed by atoms with Crippen LogP contribution < -0.4 is 5.73 Å². The van der Waals surface area contributed by atoms with Crippen molar-refractivity contribution in [3.8, 4) is 0 Å². The van der Waals surface area contributed by atoms with Crippen molar-refractivity contribution in [2.24, 2.45) is 5.73 Å². The second kappa shape index (κ2) is 3.99. The molecule has 0 spiro atoms. The summed E-state index contributed by atoms with van der Waals surface area (Å²) in [5.41, 5.74) is 7.80. The van der Waals surface area contributed by atoms with Gasteiger partial charge < -0.3 is 10.3 Å². The molecule has 16 heavy (non-hydrogen) atoms. The van der Waals surface area contributed by atoms with Crippen LogP contribution in [0.15, 0.2) is 17.9 Å². The van der Waals surface area contributed by atoms with E-state index in [9.17, 15) is 0 Å². The van der Waals surface area contributed by atoms with Gasteiger partial charge >= 0.3 is 0 Å². The van der Waals surface area contributed by atoms with Crippen molar-refractivity contribution >= 4 is 11.3 Å². The highest BCUT2D eigenvalue weighted by Gasteiger charge is 2.19. The van der Waals surface area contributed by atoms with E-state index < -0.39 is 0 Å². The molecular weight excluding hydrogens is 220 g/mol. The highest BCUT2D eigenvalue weighted by Crippen LogP contribution is 2.18. The molecule has 0 aromatic carbocycles. The maximum Gasteiger partial charge on any atom is 0.0952 e. The Morgan fingerprint density at radius 3 is 2.81 bits per heavy atom. The van der Waals surface area contributed by atoms with Gasteiger partial charge in [-0.05, 0) is 20.8 Å². The summed E-state index contributed by atoms with van der Waals surface area (Å²) in [4.78, 5) is 8.59. The highest BCUT2D eigenvalue weighted by molar-refractivity contribution is 7.09. The number of aryl methyl sites for hydroxylation is 1. The van der Waals surface area contributed by atoms with E-state index in [2.05, 4.69) is 19.9 Å². The molecule has 5 heteroatoms. The summed E-state index contributed by atoms with van der Waals surface area (Å²) in [6.45, 7) is 6.70. The van der Waals surface area contributed by atoms with Crippen LogP contribution in [0.1, 0.15) is 30.2 Å². The van der Waals surface area contributed by atoms with Gasteiger partial charge in [-0.3, -0.25) is 0 Å². The van der Waals surface area contributed by atoms with E-state index in [1.54, 1.807) is 17.7 Å². The maximum absolute atomic E-state index is 6.08. The number of imidazole rings is 1. The second-order valence-electron chi connectivity index (χ2n) is 4.49. The van der Waals surface area contributed by atoms with Crippen LogP contribution in [0.5, 0.6) is 0 Å². The van der Waals surface area contributed by atoms with Crippen molar-refractivity contribution in [1.29, 1.82) is 0 Å². The lowest BCUT2D eigenvalue weighted by atomic mass is 10.0. The van der Waals surface area contributed by atoms with Gasteiger partial charge in [0, 0.05) is 11.6 Å². The molecule has 0 amide bonds. The number of thiazole rings is 1. The van der Waals surface area contributed by atoms with Gasteiger partial charge in [-0.15, -0.1) is 11.3 Å². The van der Waals surface area contributed by atoms with Crippen molar-refractivity contribution in [1.82, 2.24) is 14.5 Å². The van der Waals surface area contributed by atoms with Crippen LogP contribution >= 0.6 is 11.3 Å². The van der Waals surface area contributed by atoms with Crippen molar-refractivity contribution in [2.45, 2.75) is 32.9 Å². The molecule has 86 valence electrons. The average Bonchev–Trinajstić information content (AvgIpc) is 2.74. The molecule has 2 heterocycles. The Kier molecular flexibility index (Phi) is 2.82. The third-order valence-corrected chi connectivity index (χ3v) is 3.19. The Bertz CT molecular complexity index is 478. The quantitative estimate of drug-likeness (QED) is 0.885. The van der Waals surface area contributed by atoms with Gasteiger partial charge in [0.25, 0.3) is 0 Å². The van der Waals surface area contributed by atoms with Crippen molar-refractivity contribution < 1.29 is 0 Å². The molecule has 0 aliphatic carbocycles. The largest absolute Gasteiger partial charge is 0.327 e. The molecule has 0 saturated carbocycles. The minimum atomic E-state index is -0.373. The Hall–Kier alpha value is -1.20. The topological polar surface area (TPSA) is 56.7 Å². The van der Waals surface area contributed by atoms with Gasteiger partial charge in [0.1, 0.15) is 0 Å². The van der Waals surface area contributed by atoms with Crippen LogP contribution in [0, 0.1) is 6.92 Å².